The monoisotopic (exact) mass is 599 g/mol. The van der Waals surface area contributed by atoms with Crippen molar-refractivity contribution in [2.24, 2.45) is 4.99 Å². The Bertz CT molecular complexity index is 1970. The van der Waals surface area contributed by atoms with E-state index in [-0.39, 0.29) is 46.3 Å². The number of nitrogens with zero attached hydrogens (tertiary/aromatic N) is 3. The molecular weight excluding hydrogens is 574 g/mol. The molecule has 0 fully saturated rings. The molecule has 2 aromatic carbocycles. The fourth-order valence-corrected chi connectivity index (χ4v) is 6.24. The van der Waals surface area contributed by atoms with E-state index in [1.165, 1.54) is 28.9 Å². The van der Waals surface area contributed by atoms with Gasteiger partial charge in [-0.25, -0.2) is 14.6 Å². The number of benzene rings is 2. The summed E-state index contributed by atoms with van der Waals surface area (Å²) >= 11 is 1.09. The summed E-state index contributed by atoms with van der Waals surface area (Å²) < 4.78 is 22.6. The van der Waals surface area contributed by atoms with Crippen LogP contribution < -0.4 is 24.5 Å². The fourth-order valence-electron chi connectivity index (χ4n) is 5.10. The van der Waals surface area contributed by atoms with E-state index in [0.29, 0.717) is 27.3 Å². The second-order valence-corrected chi connectivity index (χ2v) is 10.7. The Labute approximate surface area is 248 Å². The first-order valence-corrected chi connectivity index (χ1v) is 14.1. The van der Waals surface area contributed by atoms with Crippen LogP contribution in [0.5, 0.6) is 5.75 Å². The topological polar surface area (TPSA) is 130 Å². The number of allylic oxidation sites excluding steroid dienone is 1. The van der Waals surface area contributed by atoms with Crippen molar-refractivity contribution >= 4 is 40.4 Å². The molecule has 218 valence electrons. The molecule has 11 nitrogen and oxygen atoms in total. The molecule has 0 N–H and O–H groups in total. The van der Waals surface area contributed by atoms with Gasteiger partial charge in [-0.3, -0.25) is 14.2 Å². The molecule has 1 atom stereocenters. The Hall–Kier alpha value is -5.07. The lowest BCUT2D eigenvalue weighted by molar-refractivity contribution is -0.140. The van der Waals surface area contributed by atoms with Crippen LogP contribution in [0.3, 0.4) is 0 Å². The number of carbonyl (C=O) groups excluding carboxylic acids is 3. The quantitative estimate of drug-likeness (QED) is 0.180. The molecule has 1 unspecified atom stereocenters. The first-order chi connectivity index (χ1) is 20.8. The molecule has 0 saturated carbocycles. The zero-order valence-electron chi connectivity index (χ0n) is 23.4. The number of ether oxygens (including phenoxy) is 3. The minimum Gasteiger partial charge on any atom is -0.460 e. The highest BCUT2D eigenvalue weighted by molar-refractivity contribution is 7.07. The third kappa shape index (κ3) is 4.90. The molecule has 2 aliphatic heterocycles. The van der Waals surface area contributed by atoms with Crippen LogP contribution >= 0.6 is 11.3 Å². The second-order valence-electron chi connectivity index (χ2n) is 9.72. The number of para-hydroxylation sites is 1. The Balaban J connectivity index is 1.48. The average Bonchev–Trinajstić information content (AvgIpc) is 3.71. The van der Waals surface area contributed by atoms with Gasteiger partial charge in [0.1, 0.15) is 16.9 Å². The molecule has 2 aliphatic rings. The van der Waals surface area contributed by atoms with Crippen LogP contribution in [0.4, 0.5) is 5.69 Å². The lowest BCUT2D eigenvalue weighted by atomic mass is 9.96. The van der Waals surface area contributed by atoms with Crippen LogP contribution in [0.2, 0.25) is 0 Å². The molecule has 0 bridgehead atoms. The van der Waals surface area contributed by atoms with Gasteiger partial charge in [0.2, 0.25) is 5.76 Å². The number of likely N-dealkylation sites (N-methyl/N-ethyl adjacent to an activating group) is 1. The van der Waals surface area contributed by atoms with E-state index in [4.69, 9.17) is 18.6 Å². The summed E-state index contributed by atoms with van der Waals surface area (Å²) in [4.78, 5) is 59.7. The van der Waals surface area contributed by atoms with Crippen molar-refractivity contribution in [3.05, 3.63) is 115 Å². The Morgan fingerprint density at radius 3 is 2.49 bits per heavy atom. The van der Waals surface area contributed by atoms with Crippen molar-refractivity contribution in [2.75, 3.05) is 32.3 Å². The first kappa shape index (κ1) is 28.1. The largest absolute Gasteiger partial charge is 0.460 e. The van der Waals surface area contributed by atoms with Gasteiger partial charge in [0.25, 0.3) is 11.5 Å². The lowest BCUT2D eigenvalue weighted by Crippen LogP contribution is -2.41. The van der Waals surface area contributed by atoms with Crippen LogP contribution in [-0.2, 0) is 19.1 Å². The van der Waals surface area contributed by atoms with Gasteiger partial charge in [0.15, 0.2) is 4.80 Å². The minimum atomic E-state index is -0.931. The van der Waals surface area contributed by atoms with E-state index in [0.717, 1.165) is 11.3 Å². The van der Waals surface area contributed by atoms with E-state index in [9.17, 15) is 19.2 Å². The van der Waals surface area contributed by atoms with Crippen LogP contribution in [0.1, 0.15) is 34.6 Å². The van der Waals surface area contributed by atoms with Crippen molar-refractivity contribution in [2.45, 2.75) is 13.0 Å². The minimum absolute atomic E-state index is 0.00664. The summed E-state index contributed by atoms with van der Waals surface area (Å²) in [5.41, 5.74) is 2.23. The maximum Gasteiger partial charge on any atom is 0.379 e. The number of rotatable bonds is 7. The highest BCUT2D eigenvalue weighted by atomic mass is 32.1. The number of hydrogen-bond acceptors (Lipinski definition) is 10. The highest BCUT2D eigenvalue weighted by Gasteiger charge is 2.36. The molecule has 1 amide bonds. The van der Waals surface area contributed by atoms with Gasteiger partial charge >= 0.3 is 11.9 Å². The number of carbonyl (C=O) groups is 3. The molecule has 0 aliphatic carbocycles. The van der Waals surface area contributed by atoms with Crippen LogP contribution in [0, 0.1) is 0 Å². The number of hydrogen-bond donors (Lipinski definition) is 0. The highest BCUT2D eigenvalue weighted by Crippen LogP contribution is 2.35. The predicted octanol–water partition coefficient (Wildman–Crippen LogP) is 2.58. The number of anilines is 1. The SMILES string of the molecule is COCCOC(=O)C1=C(C)N=c2sc(=C3C(=O)N(C)c4ccccc43)c(=O)n2C1c1ccc(OC(=O)c2ccco2)cc1. The van der Waals surface area contributed by atoms with E-state index in [1.54, 1.807) is 50.4 Å². The van der Waals surface area contributed by atoms with Gasteiger partial charge in [0, 0.05) is 19.7 Å². The lowest BCUT2D eigenvalue weighted by Gasteiger charge is -2.25. The van der Waals surface area contributed by atoms with Crippen LogP contribution in [0.25, 0.3) is 5.57 Å². The van der Waals surface area contributed by atoms with E-state index in [1.807, 2.05) is 18.2 Å². The molecule has 4 aromatic rings. The van der Waals surface area contributed by atoms with Gasteiger partial charge in [-0.2, -0.15) is 0 Å². The molecule has 43 heavy (non-hydrogen) atoms. The number of methoxy groups -OCH3 is 1. The molecule has 4 heterocycles. The molecule has 6 rings (SSSR count). The second kappa shape index (κ2) is 11.3. The molecule has 0 radical (unpaired) electrons. The van der Waals surface area contributed by atoms with Crippen molar-refractivity contribution < 1.29 is 33.0 Å². The Kier molecular flexibility index (Phi) is 7.38. The summed E-state index contributed by atoms with van der Waals surface area (Å²) in [6, 6.07) is 15.8. The molecule has 12 heteroatoms. The summed E-state index contributed by atoms with van der Waals surface area (Å²) in [6.45, 7) is 1.87. The van der Waals surface area contributed by atoms with Crippen LogP contribution in [-0.4, -0.2) is 49.8 Å². The summed E-state index contributed by atoms with van der Waals surface area (Å²) in [5, 5.41) is 0. The van der Waals surface area contributed by atoms with Gasteiger partial charge in [-0.1, -0.05) is 41.7 Å². The number of amides is 1. The maximum atomic E-state index is 14.2. The maximum absolute atomic E-state index is 14.2. The van der Waals surface area contributed by atoms with Gasteiger partial charge in [-0.05, 0) is 42.8 Å². The standard InChI is InChI=1S/C31H25N3O8S/c1-17-23(30(38)41-16-15-39-3)25(18-10-12-19(13-11-18)42-29(37)22-9-6-14-40-22)34-28(36)26(43-31(34)32-17)24-20-7-4-5-8-21(20)33(2)27(24)35/h4-14,25H,15-16H2,1-3H3. The van der Waals surface area contributed by atoms with Gasteiger partial charge in [0.05, 0.1) is 41.4 Å². The van der Waals surface area contributed by atoms with Crippen LogP contribution in [0.15, 0.2) is 92.4 Å². The van der Waals surface area contributed by atoms with E-state index < -0.39 is 23.5 Å². The number of thiazole rings is 1. The van der Waals surface area contributed by atoms with E-state index in [2.05, 4.69) is 4.99 Å². The van der Waals surface area contributed by atoms with Gasteiger partial charge < -0.3 is 23.5 Å². The predicted molar refractivity (Wildman–Crippen MR) is 156 cm³/mol. The molecule has 2 aromatic heterocycles. The summed E-state index contributed by atoms with van der Waals surface area (Å²) in [5.74, 6) is -1.35. The fraction of sp³-hybridized carbons (Fsp3) is 0.194. The number of fused-ring (bicyclic) bond motifs is 2. The summed E-state index contributed by atoms with van der Waals surface area (Å²) in [6.07, 6.45) is 1.37. The van der Waals surface area contributed by atoms with Crippen molar-refractivity contribution in [1.82, 2.24) is 4.57 Å². The average molecular weight is 600 g/mol. The van der Waals surface area contributed by atoms with Crippen molar-refractivity contribution in [3.8, 4) is 5.75 Å². The number of esters is 2. The smallest absolute Gasteiger partial charge is 0.379 e. The molecular formula is C31H25N3O8S. The van der Waals surface area contributed by atoms with E-state index >= 15 is 0 Å². The van der Waals surface area contributed by atoms with Crippen molar-refractivity contribution in [1.29, 1.82) is 0 Å². The zero-order chi connectivity index (χ0) is 30.2. The molecule has 0 saturated heterocycles. The normalized spacial score (nSPS) is 17.0. The Morgan fingerprint density at radius 1 is 1.00 bits per heavy atom. The summed E-state index contributed by atoms with van der Waals surface area (Å²) in [7, 11) is 3.15. The first-order valence-electron chi connectivity index (χ1n) is 13.2. The number of furan rings is 1. The molecule has 0 spiro atoms. The third-order valence-corrected chi connectivity index (χ3v) is 8.20. The van der Waals surface area contributed by atoms with Gasteiger partial charge in [-0.15, -0.1) is 0 Å². The third-order valence-electron chi connectivity index (χ3n) is 7.15. The Morgan fingerprint density at radius 2 is 1.77 bits per heavy atom. The van der Waals surface area contributed by atoms with Crippen molar-refractivity contribution in [3.63, 3.8) is 0 Å². The number of aromatic nitrogens is 1. The zero-order valence-corrected chi connectivity index (χ0v) is 24.2.